The molecule has 1 saturated heterocycles. The van der Waals surface area contributed by atoms with Gasteiger partial charge in [-0.25, -0.2) is 9.19 Å². The van der Waals surface area contributed by atoms with Gasteiger partial charge in [-0.1, -0.05) is 0 Å². The molecule has 0 radical (unpaired) electrons. The molecule has 7 nitrogen and oxygen atoms in total. The standard InChI is InChI=1S/C18H18BrClF2N4O3S/c1-30(23,28)14-6-7-26(10-14)16-15(19)8-11(9-24-16)17(27)25-12-2-4-13(5-3-12)29-18(20,21)22/h2-5,8-9,14,23H,6-7,10H2,1H3,(H,25,27)/t14-,30?/m0/s1. The van der Waals surface area contributed by atoms with Gasteiger partial charge >= 0.3 is 5.57 Å². The molecule has 30 heavy (non-hydrogen) atoms. The van der Waals surface area contributed by atoms with Crippen LogP contribution < -0.4 is 15.0 Å². The van der Waals surface area contributed by atoms with E-state index in [4.69, 9.17) is 16.4 Å². The molecule has 1 aliphatic heterocycles. The highest BCUT2D eigenvalue weighted by molar-refractivity contribution is 9.10. The molecule has 0 saturated carbocycles. The fourth-order valence-electron chi connectivity index (χ4n) is 3.02. The number of halogens is 4. The van der Waals surface area contributed by atoms with Crippen molar-refractivity contribution in [2.75, 3.05) is 29.6 Å². The molecule has 2 atom stereocenters. The highest BCUT2D eigenvalue weighted by Crippen LogP contribution is 2.30. The first-order valence-electron chi connectivity index (χ1n) is 8.72. The van der Waals surface area contributed by atoms with E-state index in [9.17, 15) is 17.8 Å². The molecule has 1 unspecified atom stereocenters. The first-order chi connectivity index (χ1) is 13.9. The number of hydrogen-bond acceptors (Lipinski definition) is 6. The zero-order chi connectivity index (χ0) is 22.1. The highest BCUT2D eigenvalue weighted by atomic mass is 79.9. The maximum Gasteiger partial charge on any atom is 0.487 e. The van der Waals surface area contributed by atoms with Gasteiger partial charge in [0.15, 0.2) is 0 Å². The molecule has 3 rings (SSSR count). The minimum absolute atomic E-state index is 0.144. The summed E-state index contributed by atoms with van der Waals surface area (Å²) in [5.74, 6) is 0.0312. The second-order valence-corrected chi connectivity index (χ2v) is 10.6. The van der Waals surface area contributed by atoms with E-state index in [1.165, 1.54) is 36.7 Å². The van der Waals surface area contributed by atoms with Gasteiger partial charge in [0, 0.05) is 52.6 Å². The van der Waals surface area contributed by atoms with E-state index >= 15 is 0 Å². The molecule has 0 aliphatic carbocycles. The highest BCUT2D eigenvalue weighted by Gasteiger charge is 2.30. The van der Waals surface area contributed by atoms with Gasteiger partial charge in [0.05, 0.1) is 15.3 Å². The number of carbonyl (C=O) groups is 1. The lowest BCUT2D eigenvalue weighted by Gasteiger charge is -2.19. The quantitative estimate of drug-likeness (QED) is 0.543. The Morgan fingerprint density at radius 2 is 2.10 bits per heavy atom. The average Bonchev–Trinajstić information content (AvgIpc) is 3.12. The average molecular weight is 524 g/mol. The Labute approximate surface area is 185 Å². The predicted octanol–water partition coefficient (Wildman–Crippen LogP) is 4.52. The molecule has 2 aromatic rings. The van der Waals surface area contributed by atoms with Crippen LogP contribution in [0.25, 0.3) is 0 Å². The zero-order valence-corrected chi connectivity index (χ0v) is 18.9. The Hall–Kier alpha value is -1.98. The summed E-state index contributed by atoms with van der Waals surface area (Å²) in [6, 6.07) is 6.93. The second kappa shape index (κ2) is 8.64. The SMILES string of the molecule is CS(=N)(=O)[C@H]1CCN(c2ncc(C(=O)Nc3ccc(OC(F)(F)Cl)cc3)cc2Br)C1. The smallest absolute Gasteiger partial charge is 0.420 e. The lowest BCUT2D eigenvalue weighted by Crippen LogP contribution is -2.26. The third-order valence-electron chi connectivity index (χ3n) is 4.51. The Bertz CT molecular complexity index is 1050. The van der Waals surface area contributed by atoms with E-state index in [1.54, 1.807) is 6.07 Å². The summed E-state index contributed by atoms with van der Waals surface area (Å²) < 4.78 is 49.8. The number of ether oxygens (including phenoxy) is 1. The summed E-state index contributed by atoms with van der Waals surface area (Å²) in [6.45, 7) is 1.09. The van der Waals surface area contributed by atoms with E-state index in [0.29, 0.717) is 35.5 Å². The van der Waals surface area contributed by atoms with Crippen LogP contribution in [0.15, 0.2) is 41.0 Å². The normalized spacial score (nSPS) is 18.7. The van der Waals surface area contributed by atoms with Crippen molar-refractivity contribution in [2.24, 2.45) is 0 Å². The maximum absolute atomic E-state index is 12.6. The topological polar surface area (TPSA) is 95.4 Å². The number of anilines is 2. The van der Waals surface area contributed by atoms with Gasteiger partial charge < -0.3 is 15.0 Å². The fourth-order valence-corrected chi connectivity index (χ4v) is 4.73. The van der Waals surface area contributed by atoms with Crippen LogP contribution in [0.3, 0.4) is 0 Å². The number of pyridine rings is 1. The van der Waals surface area contributed by atoms with Gasteiger partial charge in [-0.2, -0.15) is 0 Å². The van der Waals surface area contributed by atoms with E-state index < -0.39 is 21.2 Å². The third kappa shape index (κ3) is 5.79. The Morgan fingerprint density at radius 3 is 2.63 bits per heavy atom. The predicted molar refractivity (Wildman–Crippen MR) is 115 cm³/mol. The minimum Gasteiger partial charge on any atom is -0.420 e. The Kier molecular flexibility index (Phi) is 6.54. The summed E-state index contributed by atoms with van der Waals surface area (Å²) in [4.78, 5) is 18.7. The van der Waals surface area contributed by atoms with Gasteiger partial charge in [-0.3, -0.25) is 9.57 Å². The van der Waals surface area contributed by atoms with Gasteiger partial charge in [0.2, 0.25) is 0 Å². The van der Waals surface area contributed by atoms with Crippen molar-refractivity contribution in [3.05, 3.63) is 46.6 Å². The number of benzene rings is 1. The van der Waals surface area contributed by atoms with Crippen molar-refractivity contribution in [3.8, 4) is 5.75 Å². The van der Waals surface area contributed by atoms with Crippen LogP contribution in [0.1, 0.15) is 16.8 Å². The molecular weight excluding hydrogens is 506 g/mol. The van der Waals surface area contributed by atoms with E-state index in [2.05, 4.69) is 31.0 Å². The molecular formula is C18H18BrClF2N4O3S. The van der Waals surface area contributed by atoms with Crippen LogP contribution in [0.4, 0.5) is 20.3 Å². The first kappa shape index (κ1) is 22.7. The molecule has 1 aromatic heterocycles. The summed E-state index contributed by atoms with van der Waals surface area (Å²) in [7, 11) is -2.63. The van der Waals surface area contributed by atoms with Crippen LogP contribution >= 0.6 is 27.5 Å². The number of aromatic nitrogens is 1. The van der Waals surface area contributed by atoms with E-state index in [0.717, 1.165) is 0 Å². The van der Waals surface area contributed by atoms with Gasteiger partial charge in [-0.15, -0.1) is 8.78 Å². The lowest BCUT2D eigenvalue weighted by atomic mass is 10.2. The first-order valence-corrected chi connectivity index (χ1v) is 11.9. The van der Waals surface area contributed by atoms with E-state index in [-0.39, 0.29) is 16.6 Å². The molecule has 1 fully saturated rings. The van der Waals surface area contributed by atoms with Crippen LogP contribution in [0.2, 0.25) is 0 Å². The summed E-state index contributed by atoms with van der Waals surface area (Å²) >= 11 is 8.13. The van der Waals surface area contributed by atoms with Crippen LogP contribution in [-0.2, 0) is 9.73 Å². The number of amides is 1. The number of carbonyl (C=O) groups excluding carboxylic acids is 1. The molecule has 0 spiro atoms. The van der Waals surface area contributed by atoms with Crippen LogP contribution in [0.5, 0.6) is 5.75 Å². The van der Waals surface area contributed by atoms with E-state index in [1.807, 2.05) is 4.90 Å². The summed E-state index contributed by atoms with van der Waals surface area (Å²) in [5, 5.41) is 2.42. The second-order valence-electron chi connectivity index (χ2n) is 6.82. The lowest BCUT2D eigenvalue weighted by molar-refractivity contribution is -0.0964. The van der Waals surface area contributed by atoms with Crippen LogP contribution in [-0.4, -0.2) is 45.3 Å². The number of nitrogens with zero attached hydrogens (tertiary/aromatic N) is 2. The molecule has 162 valence electrons. The number of hydrogen-bond donors (Lipinski definition) is 2. The Morgan fingerprint density at radius 1 is 1.43 bits per heavy atom. The van der Waals surface area contributed by atoms with Crippen molar-refractivity contribution in [1.29, 1.82) is 4.78 Å². The summed E-state index contributed by atoms with van der Waals surface area (Å²) in [5.41, 5.74) is -3.15. The largest absolute Gasteiger partial charge is 0.487 e. The van der Waals surface area contributed by atoms with Gasteiger partial charge in [-0.05, 0) is 52.7 Å². The van der Waals surface area contributed by atoms with Crippen molar-refractivity contribution in [3.63, 3.8) is 0 Å². The van der Waals surface area contributed by atoms with Crippen molar-refractivity contribution < 1.29 is 22.5 Å². The number of nitrogens with one attached hydrogen (secondary N) is 2. The molecule has 2 N–H and O–H groups in total. The van der Waals surface area contributed by atoms with Crippen molar-refractivity contribution in [1.82, 2.24) is 4.98 Å². The van der Waals surface area contributed by atoms with Gasteiger partial charge in [0.25, 0.3) is 5.91 Å². The van der Waals surface area contributed by atoms with Crippen molar-refractivity contribution >= 4 is 54.7 Å². The molecule has 1 aromatic carbocycles. The fraction of sp³-hybridized carbons (Fsp3) is 0.333. The molecule has 1 aliphatic rings. The van der Waals surface area contributed by atoms with Crippen molar-refractivity contribution in [2.45, 2.75) is 17.2 Å². The Balaban J connectivity index is 1.67. The molecule has 1 amide bonds. The molecule has 0 bridgehead atoms. The maximum atomic E-state index is 12.6. The number of rotatable bonds is 6. The summed E-state index contributed by atoms with van der Waals surface area (Å²) in [6.07, 6.45) is 3.50. The zero-order valence-electron chi connectivity index (χ0n) is 15.7. The number of alkyl halides is 3. The third-order valence-corrected chi connectivity index (χ3v) is 6.83. The molecule has 2 heterocycles. The van der Waals surface area contributed by atoms with Crippen LogP contribution in [0, 0.1) is 4.78 Å². The molecule has 12 heteroatoms. The minimum atomic E-state index is -3.81. The monoisotopic (exact) mass is 522 g/mol. The van der Waals surface area contributed by atoms with Gasteiger partial charge in [0.1, 0.15) is 11.6 Å².